The molecule has 0 aliphatic carbocycles. The van der Waals surface area contributed by atoms with E-state index in [9.17, 15) is 0 Å². The van der Waals surface area contributed by atoms with E-state index in [0.29, 0.717) is 0 Å². The van der Waals surface area contributed by atoms with Gasteiger partial charge in [0, 0.05) is 27.5 Å². The molecule has 0 bridgehead atoms. The van der Waals surface area contributed by atoms with Crippen LogP contribution >= 0.6 is 15.9 Å². The molecule has 11 heavy (non-hydrogen) atoms. The molecule has 1 aromatic carbocycles. The number of rotatable bonds is 2. The van der Waals surface area contributed by atoms with Gasteiger partial charge in [-0.2, -0.15) is 0 Å². The predicted molar refractivity (Wildman–Crippen MR) is 51.1 cm³/mol. The molecular formula is C8H9BrMgO. The summed E-state index contributed by atoms with van der Waals surface area (Å²) >= 11 is 3.34. The monoisotopic (exact) mass is 224 g/mol. The van der Waals surface area contributed by atoms with Crippen LogP contribution in [0.5, 0.6) is 5.75 Å². The molecule has 0 unspecified atom stereocenters. The SMILES string of the molecule is CCOc1ccc(Br)cc1.[Mg]. The molecule has 56 valence electrons. The number of hydrogen-bond donors (Lipinski definition) is 0. The van der Waals surface area contributed by atoms with Crippen molar-refractivity contribution in [1.29, 1.82) is 0 Å². The van der Waals surface area contributed by atoms with Gasteiger partial charge in [0.1, 0.15) is 5.75 Å². The van der Waals surface area contributed by atoms with Crippen LogP contribution in [0, 0.1) is 0 Å². The van der Waals surface area contributed by atoms with Gasteiger partial charge in [-0.3, -0.25) is 0 Å². The van der Waals surface area contributed by atoms with Crippen molar-refractivity contribution in [2.75, 3.05) is 6.61 Å². The maximum atomic E-state index is 5.24. The molecule has 0 heterocycles. The van der Waals surface area contributed by atoms with Gasteiger partial charge in [0.25, 0.3) is 0 Å². The van der Waals surface area contributed by atoms with Crippen molar-refractivity contribution in [2.45, 2.75) is 6.92 Å². The molecule has 0 atom stereocenters. The second-order valence-electron chi connectivity index (χ2n) is 1.89. The van der Waals surface area contributed by atoms with Gasteiger partial charge in [-0.1, -0.05) is 15.9 Å². The van der Waals surface area contributed by atoms with Crippen molar-refractivity contribution in [3.05, 3.63) is 28.7 Å². The zero-order valence-electron chi connectivity index (χ0n) is 6.51. The molecule has 0 fully saturated rings. The lowest BCUT2D eigenvalue weighted by Gasteiger charge is -2.00. The fraction of sp³-hybridized carbons (Fsp3) is 0.250. The summed E-state index contributed by atoms with van der Waals surface area (Å²) in [5.74, 6) is 0.922. The minimum Gasteiger partial charge on any atom is -0.494 e. The Balaban J connectivity index is 0.000001000. The molecule has 0 aliphatic rings. The Bertz CT molecular complexity index is 198. The van der Waals surface area contributed by atoms with Crippen LogP contribution in [0.15, 0.2) is 28.7 Å². The maximum Gasteiger partial charge on any atom is 0.119 e. The first-order chi connectivity index (χ1) is 4.83. The topological polar surface area (TPSA) is 9.23 Å². The fourth-order valence-electron chi connectivity index (χ4n) is 0.697. The highest BCUT2D eigenvalue weighted by Crippen LogP contribution is 2.15. The molecule has 1 rings (SSSR count). The van der Waals surface area contributed by atoms with E-state index in [4.69, 9.17) is 4.74 Å². The average Bonchev–Trinajstić information content (AvgIpc) is 1.95. The summed E-state index contributed by atoms with van der Waals surface area (Å²) in [5.41, 5.74) is 0. The Kier molecular flexibility index (Phi) is 6.00. The zero-order chi connectivity index (χ0) is 7.40. The second kappa shape index (κ2) is 5.86. The molecule has 1 nitrogen and oxygen atoms in total. The first kappa shape index (κ1) is 11.3. The maximum absolute atomic E-state index is 5.24. The Morgan fingerprint density at radius 2 is 1.82 bits per heavy atom. The van der Waals surface area contributed by atoms with Crippen molar-refractivity contribution in [3.63, 3.8) is 0 Å². The Hall–Kier alpha value is 0.266. The molecule has 3 heteroatoms. The lowest BCUT2D eigenvalue weighted by atomic mass is 10.3. The van der Waals surface area contributed by atoms with E-state index in [1.807, 2.05) is 31.2 Å². The van der Waals surface area contributed by atoms with E-state index in [1.54, 1.807) is 0 Å². The summed E-state index contributed by atoms with van der Waals surface area (Å²) in [4.78, 5) is 0. The number of halogens is 1. The van der Waals surface area contributed by atoms with Crippen LogP contribution in [0.4, 0.5) is 0 Å². The highest BCUT2D eigenvalue weighted by molar-refractivity contribution is 9.10. The normalized spacial score (nSPS) is 8.55. The van der Waals surface area contributed by atoms with E-state index in [0.717, 1.165) is 16.8 Å². The fourth-order valence-corrected chi connectivity index (χ4v) is 0.962. The molecule has 0 spiro atoms. The third kappa shape index (κ3) is 3.99. The molecule has 0 amide bonds. The van der Waals surface area contributed by atoms with Crippen molar-refractivity contribution in [3.8, 4) is 5.75 Å². The lowest BCUT2D eigenvalue weighted by Crippen LogP contribution is -1.89. The first-order valence-corrected chi connectivity index (χ1v) is 4.00. The third-order valence-corrected chi connectivity index (χ3v) is 1.65. The molecule has 0 N–H and O–H groups in total. The van der Waals surface area contributed by atoms with Gasteiger partial charge >= 0.3 is 0 Å². The number of hydrogen-bond acceptors (Lipinski definition) is 1. The smallest absolute Gasteiger partial charge is 0.119 e. The van der Waals surface area contributed by atoms with Gasteiger partial charge in [0.05, 0.1) is 6.61 Å². The van der Waals surface area contributed by atoms with E-state index in [2.05, 4.69) is 15.9 Å². The Labute approximate surface area is 91.4 Å². The largest absolute Gasteiger partial charge is 0.494 e. The quantitative estimate of drug-likeness (QED) is 0.703. The van der Waals surface area contributed by atoms with Crippen LogP contribution in [0.3, 0.4) is 0 Å². The molecule has 0 saturated heterocycles. The third-order valence-electron chi connectivity index (χ3n) is 1.12. The van der Waals surface area contributed by atoms with Crippen LogP contribution in [-0.4, -0.2) is 29.7 Å². The summed E-state index contributed by atoms with van der Waals surface area (Å²) in [6, 6.07) is 7.80. The highest BCUT2D eigenvalue weighted by Gasteiger charge is 1.88. The van der Waals surface area contributed by atoms with Gasteiger partial charge in [0.2, 0.25) is 0 Å². The van der Waals surface area contributed by atoms with Crippen molar-refractivity contribution in [1.82, 2.24) is 0 Å². The van der Waals surface area contributed by atoms with Gasteiger partial charge in [0.15, 0.2) is 0 Å². The minimum absolute atomic E-state index is 0. The average molecular weight is 225 g/mol. The Morgan fingerprint density at radius 1 is 1.27 bits per heavy atom. The van der Waals surface area contributed by atoms with Crippen LogP contribution in [0.1, 0.15) is 6.92 Å². The van der Waals surface area contributed by atoms with Crippen LogP contribution in [0.25, 0.3) is 0 Å². The number of benzene rings is 1. The summed E-state index contributed by atoms with van der Waals surface area (Å²) in [7, 11) is 0. The summed E-state index contributed by atoms with van der Waals surface area (Å²) in [6.45, 7) is 2.70. The van der Waals surface area contributed by atoms with Gasteiger partial charge in [-0.05, 0) is 31.2 Å². The van der Waals surface area contributed by atoms with Crippen LogP contribution in [-0.2, 0) is 0 Å². The Morgan fingerprint density at radius 3 is 2.27 bits per heavy atom. The van der Waals surface area contributed by atoms with Crippen molar-refractivity contribution in [2.24, 2.45) is 0 Å². The van der Waals surface area contributed by atoms with E-state index in [1.165, 1.54) is 0 Å². The first-order valence-electron chi connectivity index (χ1n) is 3.21. The molecule has 0 aliphatic heterocycles. The number of ether oxygens (including phenoxy) is 1. The molecule has 2 radical (unpaired) electrons. The summed E-state index contributed by atoms with van der Waals surface area (Å²) in [6.07, 6.45) is 0. The predicted octanol–water partition coefficient (Wildman–Crippen LogP) is 2.47. The van der Waals surface area contributed by atoms with E-state index < -0.39 is 0 Å². The lowest BCUT2D eigenvalue weighted by molar-refractivity contribution is 0.340. The van der Waals surface area contributed by atoms with Gasteiger partial charge in [-0.25, -0.2) is 0 Å². The van der Waals surface area contributed by atoms with Crippen LogP contribution < -0.4 is 4.74 Å². The van der Waals surface area contributed by atoms with Crippen molar-refractivity contribution >= 4 is 39.0 Å². The molecular weight excluding hydrogens is 216 g/mol. The van der Waals surface area contributed by atoms with E-state index in [-0.39, 0.29) is 23.1 Å². The van der Waals surface area contributed by atoms with Gasteiger partial charge < -0.3 is 4.74 Å². The summed E-state index contributed by atoms with van der Waals surface area (Å²) < 4.78 is 6.32. The molecule has 0 saturated carbocycles. The van der Waals surface area contributed by atoms with E-state index >= 15 is 0 Å². The second-order valence-corrected chi connectivity index (χ2v) is 2.80. The summed E-state index contributed by atoms with van der Waals surface area (Å²) in [5, 5.41) is 0. The zero-order valence-corrected chi connectivity index (χ0v) is 9.51. The molecule has 0 aromatic heterocycles. The minimum atomic E-state index is 0. The van der Waals surface area contributed by atoms with Crippen LogP contribution in [0.2, 0.25) is 0 Å². The van der Waals surface area contributed by atoms with Crippen molar-refractivity contribution < 1.29 is 4.74 Å². The molecule has 1 aromatic rings. The standard InChI is InChI=1S/C8H9BrO.Mg/c1-2-10-8-5-3-7(9)4-6-8;/h3-6H,2H2,1H3;. The van der Waals surface area contributed by atoms with Gasteiger partial charge in [-0.15, -0.1) is 0 Å². The highest BCUT2D eigenvalue weighted by atomic mass is 79.9.